The molecule has 2 heterocycles. The third-order valence-corrected chi connectivity index (χ3v) is 3.37. The summed E-state index contributed by atoms with van der Waals surface area (Å²) in [6.45, 7) is 7.78. The van der Waals surface area contributed by atoms with Crippen molar-refractivity contribution in [3.8, 4) is 0 Å². The van der Waals surface area contributed by atoms with Crippen LogP contribution in [0.2, 0.25) is 0 Å². The van der Waals surface area contributed by atoms with Crippen molar-refractivity contribution in [3.05, 3.63) is 34.3 Å². The molecule has 0 saturated heterocycles. The van der Waals surface area contributed by atoms with Crippen LogP contribution in [0.5, 0.6) is 0 Å². The molecule has 0 atom stereocenters. The normalized spacial score (nSPS) is 12.0. The van der Waals surface area contributed by atoms with Gasteiger partial charge >= 0.3 is 0 Å². The molecule has 0 fully saturated rings. The Labute approximate surface area is 106 Å². The SMILES string of the molecule is CC(C)(C)c1csc(Cn2cnc(CN)c2)n1. The molecule has 4 nitrogen and oxygen atoms in total. The molecule has 5 heteroatoms. The van der Waals surface area contributed by atoms with Crippen molar-refractivity contribution in [1.29, 1.82) is 0 Å². The number of nitrogens with two attached hydrogens (primary N) is 1. The van der Waals surface area contributed by atoms with Gasteiger partial charge in [-0.15, -0.1) is 11.3 Å². The summed E-state index contributed by atoms with van der Waals surface area (Å²) in [6.07, 6.45) is 3.78. The molecule has 2 N–H and O–H groups in total. The second-order valence-corrected chi connectivity index (χ2v) is 6.06. The smallest absolute Gasteiger partial charge is 0.113 e. The molecule has 0 aliphatic carbocycles. The third kappa shape index (κ3) is 2.92. The van der Waals surface area contributed by atoms with Crippen molar-refractivity contribution in [2.45, 2.75) is 39.3 Å². The van der Waals surface area contributed by atoms with E-state index < -0.39 is 0 Å². The first kappa shape index (κ1) is 12.3. The van der Waals surface area contributed by atoms with Crippen LogP contribution in [0.1, 0.15) is 37.2 Å². The van der Waals surface area contributed by atoms with Gasteiger partial charge in [-0.05, 0) is 0 Å². The summed E-state index contributed by atoms with van der Waals surface area (Å²) in [5.41, 5.74) is 7.71. The summed E-state index contributed by atoms with van der Waals surface area (Å²) in [5, 5.41) is 3.24. The number of thiazole rings is 1. The van der Waals surface area contributed by atoms with Gasteiger partial charge in [-0.25, -0.2) is 9.97 Å². The average molecular weight is 250 g/mol. The lowest BCUT2D eigenvalue weighted by atomic mass is 9.93. The third-order valence-electron chi connectivity index (χ3n) is 2.53. The first-order valence-electron chi connectivity index (χ1n) is 5.64. The van der Waals surface area contributed by atoms with Gasteiger partial charge in [0.25, 0.3) is 0 Å². The highest BCUT2D eigenvalue weighted by atomic mass is 32.1. The van der Waals surface area contributed by atoms with Crippen molar-refractivity contribution in [3.63, 3.8) is 0 Å². The molecule has 0 radical (unpaired) electrons. The molecule has 0 unspecified atom stereocenters. The molecule has 0 bridgehead atoms. The molecule has 0 aromatic carbocycles. The van der Waals surface area contributed by atoms with E-state index in [-0.39, 0.29) is 5.41 Å². The zero-order valence-corrected chi connectivity index (χ0v) is 11.3. The Morgan fingerprint density at radius 3 is 2.71 bits per heavy atom. The lowest BCUT2D eigenvalue weighted by Gasteiger charge is -2.14. The first-order chi connectivity index (χ1) is 7.99. The Morgan fingerprint density at radius 2 is 2.18 bits per heavy atom. The molecular weight excluding hydrogens is 232 g/mol. The fraction of sp³-hybridized carbons (Fsp3) is 0.500. The maximum absolute atomic E-state index is 5.53. The molecule has 2 aromatic rings. The van der Waals surface area contributed by atoms with Crippen LogP contribution in [0.4, 0.5) is 0 Å². The van der Waals surface area contributed by atoms with Gasteiger partial charge in [0.2, 0.25) is 0 Å². The van der Waals surface area contributed by atoms with Gasteiger partial charge in [0.1, 0.15) is 5.01 Å². The Kier molecular flexibility index (Phi) is 3.31. The van der Waals surface area contributed by atoms with Crippen molar-refractivity contribution < 1.29 is 0 Å². The fourth-order valence-corrected chi connectivity index (χ4v) is 2.51. The summed E-state index contributed by atoms with van der Waals surface area (Å²) in [7, 11) is 0. The fourth-order valence-electron chi connectivity index (χ4n) is 1.48. The second-order valence-electron chi connectivity index (χ2n) is 5.12. The van der Waals surface area contributed by atoms with Crippen LogP contribution < -0.4 is 5.73 Å². The monoisotopic (exact) mass is 250 g/mol. The van der Waals surface area contributed by atoms with E-state index >= 15 is 0 Å². The zero-order valence-electron chi connectivity index (χ0n) is 10.5. The van der Waals surface area contributed by atoms with E-state index in [4.69, 9.17) is 5.73 Å². The van der Waals surface area contributed by atoms with Crippen molar-refractivity contribution in [1.82, 2.24) is 14.5 Å². The van der Waals surface area contributed by atoms with E-state index in [1.165, 1.54) is 0 Å². The zero-order chi connectivity index (χ0) is 12.5. The van der Waals surface area contributed by atoms with Crippen LogP contribution in [0.25, 0.3) is 0 Å². The van der Waals surface area contributed by atoms with Gasteiger partial charge in [0.15, 0.2) is 0 Å². The maximum atomic E-state index is 5.53. The molecule has 2 aromatic heterocycles. The Hall–Kier alpha value is -1.20. The van der Waals surface area contributed by atoms with Gasteiger partial charge in [0, 0.05) is 23.5 Å². The van der Waals surface area contributed by atoms with Gasteiger partial charge in [-0.2, -0.15) is 0 Å². The lowest BCUT2D eigenvalue weighted by molar-refractivity contribution is 0.569. The number of hydrogen-bond acceptors (Lipinski definition) is 4. The van der Waals surface area contributed by atoms with Crippen molar-refractivity contribution >= 4 is 11.3 Å². The van der Waals surface area contributed by atoms with Crippen molar-refractivity contribution in [2.24, 2.45) is 5.73 Å². The molecule has 17 heavy (non-hydrogen) atoms. The first-order valence-corrected chi connectivity index (χ1v) is 6.52. The summed E-state index contributed by atoms with van der Waals surface area (Å²) < 4.78 is 2.02. The van der Waals surface area contributed by atoms with E-state index in [0.29, 0.717) is 6.54 Å². The Bertz CT molecular complexity index is 493. The van der Waals surface area contributed by atoms with Gasteiger partial charge in [-0.1, -0.05) is 20.8 Å². The molecule has 2 rings (SSSR count). The molecule has 92 valence electrons. The van der Waals surface area contributed by atoms with Crippen LogP contribution >= 0.6 is 11.3 Å². The van der Waals surface area contributed by atoms with Crippen LogP contribution in [0.15, 0.2) is 17.9 Å². The van der Waals surface area contributed by atoms with Crippen LogP contribution in [0.3, 0.4) is 0 Å². The Balaban J connectivity index is 2.11. The summed E-state index contributed by atoms with van der Waals surface area (Å²) in [6, 6.07) is 0. The van der Waals surface area contributed by atoms with Gasteiger partial charge in [-0.3, -0.25) is 0 Å². The second kappa shape index (κ2) is 4.58. The van der Waals surface area contributed by atoms with E-state index in [1.807, 2.05) is 10.8 Å². The number of nitrogens with zero attached hydrogens (tertiary/aromatic N) is 3. The summed E-state index contributed by atoms with van der Waals surface area (Å²) >= 11 is 1.70. The number of rotatable bonds is 3. The predicted molar refractivity (Wildman–Crippen MR) is 70.0 cm³/mol. The van der Waals surface area contributed by atoms with Gasteiger partial charge < -0.3 is 10.3 Å². The summed E-state index contributed by atoms with van der Waals surface area (Å²) in [4.78, 5) is 8.85. The molecule has 0 aliphatic heterocycles. The Morgan fingerprint density at radius 1 is 1.41 bits per heavy atom. The van der Waals surface area contributed by atoms with E-state index in [9.17, 15) is 0 Å². The van der Waals surface area contributed by atoms with Crippen LogP contribution in [-0.4, -0.2) is 14.5 Å². The molecular formula is C12H18N4S. The van der Waals surface area contributed by atoms with Crippen molar-refractivity contribution in [2.75, 3.05) is 0 Å². The standard InChI is InChI=1S/C12H18N4S/c1-12(2,3)10-7-17-11(15-10)6-16-5-9(4-13)14-8-16/h5,7-8H,4,6,13H2,1-3H3. The highest BCUT2D eigenvalue weighted by molar-refractivity contribution is 7.09. The number of aromatic nitrogens is 3. The molecule has 0 spiro atoms. The van der Waals surface area contributed by atoms with Crippen LogP contribution in [-0.2, 0) is 18.5 Å². The van der Waals surface area contributed by atoms with Crippen LogP contribution in [0, 0.1) is 0 Å². The van der Waals surface area contributed by atoms with E-state index in [0.717, 1.165) is 22.9 Å². The highest BCUT2D eigenvalue weighted by Gasteiger charge is 2.17. The maximum Gasteiger partial charge on any atom is 0.113 e. The lowest BCUT2D eigenvalue weighted by Crippen LogP contribution is -2.11. The number of hydrogen-bond donors (Lipinski definition) is 1. The minimum atomic E-state index is 0.117. The number of imidazole rings is 1. The predicted octanol–water partition coefficient (Wildman–Crippen LogP) is 2.14. The average Bonchev–Trinajstić information content (AvgIpc) is 2.86. The quantitative estimate of drug-likeness (QED) is 0.908. The molecule has 0 aliphatic rings. The summed E-state index contributed by atoms with van der Waals surface area (Å²) in [5.74, 6) is 0. The topological polar surface area (TPSA) is 56.7 Å². The largest absolute Gasteiger partial charge is 0.330 e. The van der Waals surface area contributed by atoms with E-state index in [2.05, 4.69) is 36.1 Å². The van der Waals surface area contributed by atoms with E-state index in [1.54, 1.807) is 17.7 Å². The molecule has 0 saturated carbocycles. The van der Waals surface area contributed by atoms with Gasteiger partial charge in [0.05, 0.1) is 24.3 Å². The minimum Gasteiger partial charge on any atom is -0.330 e. The minimum absolute atomic E-state index is 0.117. The molecule has 0 amide bonds. The highest BCUT2D eigenvalue weighted by Crippen LogP contribution is 2.24.